The van der Waals surface area contributed by atoms with Crippen LogP contribution in [0.2, 0.25) is 0 Å². The number of thiazole rings is 1. The van der Waals surface area contributed by atoms with Crippen molar-refractivity contribution in [2.45, 2.75) is 32.7 Å². The van der Waals surface area contributed by atoms with E-state index in [1.54, 1.807) is 17.0 Å². The predicted molar refractivity (Wildman–Crippen MR) is 106 cm³/mol. The van der Waals surface area contributed by atoms with Gasteiger partial charge in [-0.2, -0.15) is 5.10 Å². The number of fused-ring (bicyclic) bond motifs is 1. The van der Waals surface area contributed by atoms with E-state index >= 15 is 0 Å². The van der Waals surface area contributed by atoms with E-state index in [0.717, 1.165) is 15.9 Å². The van der Waals surface area contributed by atoms with Crippen LogP contribution in [0, 0.1) is 5.92 Å². The summed E-state index contributed by atoms with van der Waals surface area (Å²) < 4.78 is 2.55. The molecule has 0 saturated carbocycles. The zero-order valence-corrected chi connectivity index (χ0v) is 16.5. The fourth-order valence-electron chi connectivity index (χ4n) is 3.17. The Morgan fingerprint density at radius 3 is 2.63 bits per heavy atom. The van der Waals surface area contributed by atoms with Gasteiger partial charge in [-0.05, 0) is 18.2 Å². The van der Waals surface area contributed by atoms with Gasteiger partial charge >= 0.3 is 0 Å². The first-order chi connectivity index (χ1) is 12.8. The summed E-state index contributed by atoms with van der Waals surface area (Å²) in [5.74, 6) is 0.208. The molecule has 7 heteroatoms. The molecular formula is C20H22N4O2S. The number of carbonyl (C=O) groups excluding carboxylic acids is 1. The molecule has 1 saturated heterocycles. The van der Waals surface area contributed by atoms with Crippen LogP contribution in [0.1, 0.15) is 36.3 Å². The molecule has 3 heterocycles. The average Bonchev–Trinajstić information content (AvgIpc) is 3.01. The molecule has 2 aromatic heterocycles. The van der Waals surface area contributed by atoms with Gasteiger partial charge in [0.15, 0.2) is 5.01 Å². The number of amides is 1. The molecule has 0 N–H and O–H groups in total. The molecule has 0 atom stereocenters. The second-order valence-corrected chi connectivity index (χ2v) is 9.08. The summed E-state index contributed by atoms with van der Waals surface area (Å²) in [6.07, 6.45) is 0. The molecule has 27 heavy (non-hydrogen) atoms. The molecule has 1 aromatic carbocycles. The third-order valence-corrected chi connectivity index (χ3v) is 5.81. The van der Waals surface area contributed by atoms with Crippen LogP contribution < -0.4 is 5.56 Å². The van der Waals surface area contributed by atoms with Gasteiger partial charge in [0.1, 0.15) is 0 Å². The number of benzene rings is 1. The van der Waals surface area contributed by atoms with Crippen LogP contribution in [-0.2, 0) is 12.0 Å². The summed E-state index contributed by atoms with van der Waals surface area (Å²) in [5.41, 5.74) is 1.55. The summed E-state index contributed by atoms with van der Waals surface area (Å²) in [6.45, 7) is 8.02. The van der Waals surface area contributed by atoms with Gasteiger partial charge in [-0.3, -0.25) is 9.59 Å². The van der Waals surface area contributed by atoms with E-state index in [4.69, 9.17) is 0 Å². The predicted octanol–water partition coefficient (Wildman–Crippen LogP) is 2.92. The van der Waals surface area contributed by atoms with E-state index in [-0.39, 0.29) is 22.8 Å². The summed E-state index contributed by atoms with van der Waals surface area (Å²) in [7, 11) is 0. The van der Waals surface area contributed by atoms with Gasteiger partial charge in [0, 0.05) is 30.5 Å². The highest BCUT2D eigenvalue weighted by molar-refractivity contribution is 7.20. The number of hydrogen-bond donors (Lipinski definition) is 0. The zero-order valence-electron chi connectivity index (χ0n) is 15.7. The van der Waals surface area contributed by atoms with Crippen LogP contribution in [0.4, 0.5) is 0 Å². The molecule has 0 spiro atoms. The lowest BCUT2D eigenvalue weighted by molar-refractivity contribution is 0.0457. The molecule has 6 nitrogen and oxygen atoms in total. The number of nitrogens with zero attached hydrogens (tertiary/aromatic N) is 4. The minimum atomic E-state index is -0.107. The molecule has 0 unspecified atom stereocenters. The van der Waals surface area contributed by atoms with Gasteiger partial charge in [0.05, 0.1) is 22.5 Å². The van der Waals surface area contributed by atoms with Crippen molar-refractivity contribution < 1.29 is 4.79 Å². The van der Waals surface area contributed by atoms with Gasteiger partial charge in [0.25, 0.3) is 11.5 Å². The normalized spacial score (nSPS) is 15.1. The van der Waals surface area contributed by atoms with Crippen LogP contribution in [0.15, 0.2) is 41.2 Å². The Balaban J connectivity index is 1.42. The number of aromatic nitrogens is 3. The molecule has 1 aliphatic rings. The molecule has 1 fully saturated rings. The van der Waals surface area contributed by atoms with Gasteiger partial charge < -0.3 is 4.90 Å². The van der Waals surface area contributed by atoms with Gasteiger partial charge in [0.2, 0.25) is 0 Å². The van der Waals surface area contributed by atoms with Crippen molar-refractivity contribution >= 4 is 27.5 Å². The Labute approximate surface area is 161 Å². The van der Waals surface area contributed by atoms with Gasteiger partial charge in [-0.25, -0.2) is 9.67 Å². The minimum absolute atomic E-state index is 0.0313. The fraction of sp³-hybridized carbons (Fsp3) is 0.400. The number of carbonyl (C=O) groups is 1. The van der Waals surface area contributed by atoms with E-state index in [2.05, 4.69) is 30.9 Å². The van der Waals surface area contributed by atoms with Crippen LogP contribution in [0.3, 0.4) is 0 Å². The van der Waals surface area contributed by atoms with Crippen molar-refractivity contribution in [2.24, 2.45) is 5.92 Å². The van der Waals surface area contributed by atoms with Crippen LogP contribution in [0.25, 0.3) is 10.2 Å². The first-order valence-electron chi connectivity index (χ1n) is 9.05. The summed E-state index contributed by atoms with van der Waals surface area (Å²) in [6, 6.07) is 11.1. The first kappa shape index (κ1) is 17.9. The fourth-order valence-corrected chi connectivity index (χ4v) is 4.11. The highest BCUT2D eigenvalue weighted by atomic mass is 32.1. The highest BCUT2D eigenvalue weighted by Crippen LogP contribution is 2.26. The van der Waals surface area contributed by atoms with Crippen molar-refractivity contribution in [1.29, 1.82) is 0 Å². The molecule has 0 radical (unpaired) electrons. The standard InChI is InChI=1S/C20H22N4O2S/c1-20(2,3)16-8-9-17(25)24(22-16)12-13-10-23(11-13)19(26)18-21-14-6-4-5-7-15(14)27-18/h4-9,13H,10-12H2,1-3H3. The highest BCUT2D eigenvalue weighted by Gasteiger charge is 2.33. The maximum absolute atomic E-state index is 12.6. The first-order valence-corrected chi connectivity index (χ1v) is 9.86. The smallest absolute Gasteiger partial charge is 0.282 e. The lowest BCUT2D eigenvalue weighted by atomic mass is 9.92. The number of para-hydroxylation sites is 1. The monoisotopic (exact) mass is 382 g/mol. The molecule has 0 bridgehead atoms. The molecule has 3 aromatic rings. The van der Waals surface area contributed by atoms with Crippen molar-refractivity contribution in [1.82, 2.24) is 19.7 Å². The molecule has 140 valence electrons. The lowest BCUT2D eigenvalue weighted by Crippen LogP contribution is -2.52. The quantitative estimate of drug-likeness (QED) is 0.698. The average molecular weight is 382 g/mol. The van der Waals surface area contributed by atoms with Crippen LogP contribution in [-0.4, -0.2) is 38.7 Å². The maximum Gasteiger partial charge on any atom is 0.282 e. The second kappa shape index (κ2) is 6.56. The van der Waals surface area contributed by atoms with E-state index < -0.39 is 0 Å². The molecule has 1 aliphatic heterocycles. The summed E-state index contributed by atoms with van der Waals surface area (Å²) in [5, 5.41) is 5.04. The van der Waals surface area contributed by atoms with E-state index in [1.165, 1.54) is 16.0 Å². The lowest BCUT2D eigenvalue weighted by Gasteiger charge is -2.38. The van der Waals surface area contributed by atoms with E-state index in [0.29, 0.717) is 24.6 Å². The SMILES string of the molecule is CC(C)(C)c1ccc(=O)n(CC2CN(C(=O)c3nc4ccccc4s3)C2)n1. The molecule has 0 aliphatic carbocycles. The Hall–Kier alpha value is -2.54. The summed E-state index contributed by atoms with van der Waals surface area (Å²) >= 11 is 1.43. The van der Waals surface area contributed by atoms with Crippen molar-refractivity contribution in [3.8, 4) is 0 Å². The Kier molecular flexibility index (Phi) is 4.34. The van der Waals surface area contributed by atoms with Crippen LogP contribution in [0.5, 0.6) is 0 Å². The van der Waals surface area contributed by atoms with Crippen molar-refractivity contribution in [3.05, 3.63) is 57.5 Å². The molecule has 4 rings (SSSR count). The van der Waals surface area contributed by atoms with Crippen LogP contribution >= 0.6 is 11.3 Å². The second-order valence-electron chi connectivity index (χ2n) is 8.05. The molecule has 1 amide bonds. The topological polar surface area (TPSA) is 68.1 Å². The largest absolute Gasteiger partial charge is 0.336 e. The summed E-state index contributed by atoms with van der Waals surface area (Å²) in [4.78, 5) is 31.0. The van der Waals surface area contributed by atoms with Gasteiger partial charge in [-0.1, -0.05) is 32.9 Å². The number of likely N-dealkylation sites (tertiary alicyclic amines) is 1. The Bertz CT molecular complexity index is 1020. The van der Waals surface area contributed by atoms with E-state index in [1.807, 2.05) is 24.3 Å². The number of hydrogen-bond acceptors (Lipinski definition) is 5. The third kappa shape index (κ3) is 3.51. The molecular weight excluding hydrogens is 360 g/mol. The third-order valence-electron chi connectivity index (χ3n) is 4.79. The number of rotatable bonds is 3. The van der Waals surface area contributed by atoms with Crippen molar-refractivity contribution in [2.75, 3.05) is 13.1 Å². The van der Waals surface area contributed by atoms with E-state index in [9.17, 15) is 9.59 Å². The Morgan fingerprint density at radius 2 is 1.93 bits per heavy atom. The van der Waals surface area contributed by atoms with Gasteiger partial charge in [-0.15, -0.1) is 11.3 Å². The minimum Gasteiger partial charge on any atom is -0.336 e. The zero-order chi connectivity index (χ0) is 19.2. The Morgan fingerprint density at radius 1 is 1.19 bits per heavy atom. The van der Waals surface area contributed by atoms with Crippen molar-refractivity contribution in [3.63, 3.8) is 0 Å². The maximum atomic E-state index is 12.6.